The third-order valence-electron chi connectivity index (χ3n) is 1.43. The topological polar surface area (TPSA) is 83.5 Å². The van der Waals surface area contributed by atoms with Crippen molar-refractivity contribution >= 4 is 41.1 Å². The first kappa shape index (κ1) is 27.4. The van der Waals surface area contributed by atoms with Gasteiger partial charge < -0.3 is 49.5 Å². The van der Waals surface area contributed by atoms with Crippen LogP contribution in [0.2, 0.25) is 0 Å². The van der Waals surface area contributed by atoms with E-state index in [1.807, 2.05) is 0 Å². The van der Waals surface area contributed by atoms with Crippen LogP contribution in [0.5, 0.6) is 0 Å². The van der Waals surface area contributed by atoms with Gasteiger partial charge in [-0.2, -0.15) is 0 Å². The summed E-state index contributed by atoms with van der Waals surface area (Å²) in [5, 5.41) is 20.2. The maximum absolute atomic E-state index is 10.1. The molecule has 0 saturated heterocycles. The maximum atomic E-state index is 10.1. The van der Waals surface area contributed by atoms with Crippen LogP contribution in [-0.2, 0) is 22.2 Å². The summed E-state index contributed by atoms with van der Waals surface area (Å²) >= 11 is 9.27. The Labute approximate surface area is 177 Å². The van der Waals surface area contributed by atoms with Gasteiger partial charge in [0, 0.05) is 37.9 Å². The summed E-state index contributed by atoms with van der Waals surface area (Å²) in [6.45, 7) is 0.135. The summed E-state index contributed by atoms with van der Waals surface area (Å²) < 4.78 is 0.0486. The predicted molar refractivity (Wildman–Crippen MR) is 50.8 cm³/mol. The van der Waals surface area contributed by atoms with E-state index in [0.717, 1.165) is 0 Å². The number of aliphatic carboxylic acids is 2. The fraction of sp³-hybridized carbons (Fsp3) is 0.571. The average molecular weight is 303 g/mol. The Hall–Kier alpha value is 2.05. The van der Waals surface area contributed by atoms with Crippen molar-refractivity contribution in [2.45, 2.75) is 12.8 Å². The number of hydrogen-bond acceptors (Lipinski definition) is 6. The minimum Gasteiger partial charge on any atom is -0.550 e. The van der Waals surface area contributed by atoms with Crippen LogP contribution in [0.4, 0.5) is 0 Å². The van der Waals surface area contributed by atoms with E-state index < -0.39 is 11.9 Å². The fourth-order valence-corrected chi connectivity index (χ4v) is 1.11. The smallest absolute Gasteiger partial charge is 0.550 e. The second-order valence-electron chi connectivity index (χ2n) is 2.50. The Morgan fingerprint density at radius 2 is 1.29 bits per heavy atom. The molecule has 0 radical (unpaired) electrons. The van der Waals surface area contributed by atoms with E-state index in [-0.39, 0.29) is 119 Å². The number of carbonyl (C=O) groups is 2. The SMILES string of the molecule is O=C([O-])CCN(CCC(=O)[O-])C(=S)[S-].[Na+].[Na+].[Na+]. The van der Waals surface area contributed by atoms with Gasteiger partial charge in [0.15, 0.2) is 0 Å². The molecule has 0 atom stereocenters. The van der Waals surface area contributed by atoms with Crippen LogP contribution in [0, 0.1) is 0 Å². The quantitative estimate of drug-likeness (QED) is 0.274. The van der Waals surface area contributed by atoms with Crippen molar-refractivity contribution in [1.82, 2.24) is 4.90 Å². The zero-order valence-electron chi connectivity index (χ0n) is 10.2. The van der Waals surface area contributed by atoms with Gasteiger partial charge in [0.1, 0.15) is 0 Å². The van der Waals surface area contributed by atoms with Gasteiger partial charge in [-0.05, 0) is 0 Å². The first-order chi connectivity index (χ1) is 6.43. The summed E-state index contributed by atoms with van der Waals surface area (Å²) in [4.78, 5) is 21.6. The molecule has 0 unspecified atom stereocenters. The second kappa shape index (κ2) is 16.1. The number of carbonyl (C=O) groups excluding carboxylic acids is 2. The van der Waals surface area contributed by atoms with Gasteiger partial charge in [0.2, 0.25) is 0 Å². The maximum Gasteiger partial charge on any atom is 1.00 e. The van der Waals surface area contributed by atoms with Crippen LogP contribution in [0.3, 0.4) is 0 Å². The van der Waals surface area contributed by atoms with Gasteiger partial charge in [-0.1, -0.05) is 4.32 Å². The van der Waals surface area contributed by atoms with E-state index in [1.54, 1.807) is 0 Å². The van der Waals surface area contributed by atoms with Crippen LogP contribution in [-0.4, -0.2) is 34.2 Å². The molecule has 0 fully saturated rings. The summed E-state index contributed by atoms with van der Waals surface area (Å²) in [6, 6.07) is 0. The molecule has 0 bridgehead atoms. The Kier molecular flexibility index (Phi) is 26.0. The molecule has 0 saturated carbocycles. The predicted octanol–water partition coefficient (Wildman–Crippen LogP) is -11.6. The first-order valence-electron chi connectivity index (χ1n) is 3.79. The van der Waals surface area contributed by atoms with Crippen molar-refractivity contribution in [3.63, 3.8) is 0 Å². The van der Waals surface area contributed by atoms with Crippen LogP contribution >= 0.6 is 12.2 Å². The molecule has 0 aromatic carbocycles. The number of nitrogens with zero attached hydrogens (tertiary/aromatic N) is 1. The van der Waals surface area contributed by atoms with Gasteiger partial charge in [-0.15, -0.1) is 0 Å². The zero-order valence-corrected chi connectivity index (χ0v) is 17.9. The molecule has 0 aliphatic heterocycles. The fourth-order valence-electron chi connectivity index (χ4n) is 0.747. The first-order valence-corrected chi connectivity index (χ1v) is 4.60. The molecule has 0 spiro atoms. The van der Waals surface area contributed by atoms with E-state index in [0.29, 0.717) is 0 Å². The normalized spacial score (nSPS) is 7.76. The largest absolute Gasteiger partial charge is 1.00 e. The van der Waals surface area contributed by atoms with E-state index in [2.05, 4.69) is 24.8 Å². The molecule has 0 aliphatic rings. The van der Waals surface area contributed by atoms with E-state index in [9.17, 15) is 19.8 Å². The molecular weight excluding hydrogens is 295 g/mol. The molecule has 5 nitrogen and oxygen atoms in total. The Bertz CT molecular complexity index is 237. The minimum absolute atomic E-state index is 0. The van der Waals surface area contributed by atoms with Crippen molar-refractivity contribution in [3.8, 4) is 0 Å². The van der Waals surface area contributed by atoms with Crippen LogP contribution < -0.4 is 98.9 Å². The monoisotopic (exact) mass is 303 g/mol. The molecule has 10 heteroatoms. The number of rotatable bonds is 6. The van der Waals surface area contributed by atoms with E-state index in [4.69, 9.17) is 0 Å². The minimum atomic E-state index is -1.23. The molecule has 0 aromatic heterocycles. The van der Waals surface area contributed by atoms with Crippen molar-refractivity contribution < 1.29 is 108 Å². The zero-order chi connectivity index (χ0) is 11.1. The summed E-state index contributed by atoms with van der Waals surface area (Å²) in [5.74, 6) is -2.45. The number of carboxylic acid groups (broad SMARTS) is 2. The number of thiocarbonyl (C=S) groups is 1. The molecule has 17 heavy (non-hydrogen) atoms. The third kappa shape index (κ3) is 18.1. The molecule has 0 N–H and O–H groups in total. The van der Waals surface area contributed by atoms with Crippen LogP contribution in [0.25, 0.3) is 0 Å². The van der Waals surface area contributed by atoms with Gasteiger partial charge >= 0.3 is 88.7 Å². The van der Waals surface area contributed by atoms with Crippen molar-refractivity contribution in [1.29, 1.82) is 0 Å². The molecule has 0 amide bonds. The molecular formula is C7H8NNa3O4S2. The number of carboxylic acids is 2. The van der Waals surface area contributed by atoms with Crippen LogP contribution in [0.1, 0.15) is 12.8 Å². The summed E-state index contributed by atoms with van der Waals surface area (Å²) in [5.41, 5.74) is 0. The van der Waals surface area contributed by atoms with Gasteiger partial charge in [0.05, 0.1) is 0 Å². The van der Waals surface area contributed by atoms with Gasteiger partial charge in [-0.25, -0.2) is 0 Å². The molecule has 0 rings (SSSR count). The summed E-state index contributed by atoms with van der Waals surface area (Å²) in [7, 11) is 0. The molecule has 0 aromatic rings. The van der Waals surface area contributed by atoms with Gasteiger partial charge in [-0.3, -0.25) is 0 Å². The Morgan fingerprint density at radius 1 is 1.00 bits per heavy atom. The van der Waals surface area contributed by atoms with Crippen molar-refractivity contribution in [2.24, 2.45) is 0 Å². The van der Waals surface area contributed by atoms with Crippen molar-refractivity contribution in [2.75, 3.05) is 13.1 Å². The molecule has 0 aliphatic carbocycles. The standard InChI is InChI=1S/C7H11NO4S2.3Na/c9-5(10)1-3-8(7(13)14)4-2-6(11)12;;;/h1-4H2,(H,9,10)(H,11,12)(H,13,14);;;/q;3*+1/p-3. The molecule has 80 valence electrons. The van der Waals surface area contributed by atoms with Gasteiger partial charge in [0.25, 0.3) is 0 Å². The van der Waals surface area contributed by atoms with E-state index >= 15 is 0 Å². The summed E-state index contributed by atoms with van der Waals surface area (Å²) in [6.07, 6.45) is -0.465. The van der Waals surface area contributed by atoms with Crippen LogP contribution in [0.15, 0.2) is 0 Å². The third-order valence-corrected chi connectivity index (χ3v) is 1.95. The Morgan fingerprint density at radius 3 is 1.47 bits per heavy atom. The Balaban J connectivity index is -0.000000282. The van der Waals surface area contributed by atoms with Crippen molar-refractivity contribution in [3.05, 3.63) is 0 Å². The van der Waals surface area contributed by atoms with E-state index in [1.165, 1.54) is 4.90 Å². The average Bonchev–Trinajstić information content (AvgIpc) is 2.02. The molecule has 0 heterocycles. The second-order valence-corrected chi connectivity index (χ2v) is 3.53. The number of hydrogen-bond donors (Lipinski definition) is 0.